The van der Waals surface area contributed by atoms with Crippen LogP contribution in [-0.4, -0.2) is 6.54 Å². The van der Waals surface area contributed by atoms with Crippen LogP contribution in [0.15, 0.2) is 41.6 Å². The molecule has 0 amide bonds. The molecule has 1 aromatic rings. The Morgan fingerprint density at radius 2 is 2.12 bits per heavy atom. The van der Waals surface area contributed by atoms with Crippen LogP contribution in [0.2, 0.25) is 0 Å². The Hall–Kier alpha value is -0.730. The molecule has 0 atom stereocenters. The third-order valence-corrected chi connectivity index (χ3v) is 3.05. The molecular formula is C14H18IN. The molecule has 0 bridgehead atoms. The van der Waals surface area contributed by atoms with Crippen LogP contribution in [0.4, 0.5) is 5.69 Å². The van der Waals surface area contributed by atoms with Gasteiger partial charge in [-0.05, 0) is 73.1 Å². The number of allylic oxidation sites excluding steroid dienone is 1. The predicted octanol–water partition coefficient (Wildman–Crippen LogP) is 4.60. The van der Waals surface area contributed by atoms with Crippen LogP contribution in [0.1, 0.15) is 26.7 Å². The normalized spacial score (nSPS) is 9.44. The first-order valence-corrected chi connectivity index (χ1v) is 6.65. The van der Waals surface area contributed by atoms with E-state index in [1.807, 2.05) is 0 Å². The van der Waals surface area contributed by atoms with Gasteiger partial charge < -0.3 is 5.32 Å². The smallest absolute Gasteiger partial charge is 0.0475 e. The predicted molar refractivity (Wildman–Crippen MR) is 79.8 cm³/mol. The summed E-state index contributed by atoms with van der Waals surface area (Å²) in [5.41, 5.74) is 5.69. The molecule has 0 aliphatic carbocycles. The zero-order chi connectivity index (χ0) is 11.8. The van der Waals surface area contributed by atoms with E-state index in [-0.39, 0.29) is 0 Å². The first-order chi connectivity index (χ1) is 7.70. The lowest BCUT2D eigenvalue weighted by molar-refractivity contribution is 0.889. The van der Waals surface area contributed by atoms with E-state index in [0.29, 0.717) is 0 Å². The summed E-state index contributed by atoms with van der Waals surface area (Å²) in [5.74, 6) is 0. The molecule has 0 aliphatic rings. The molecule has 0 heterocycles. The molecule has 0 unspecified atom stereocenters. The van der Waals surface area contributed by atoms with Crippen molar-refractivity contribution < 1.29 is 0 Å². The SMILES string of the molecule is CC(C)=C=CCCCNc1ccccc1I. The van der Waals surface area contributed by atoms with Crippen molar-refractivity contribution in [2.24, 2.45) is 0 Å². The summed E-state index contributed by atoms with van der Waals surface area (Å²) < 4.78 is 1.28. The Morgan fingerprint density at radius 1 is 1.38 bits per heavy atom. The van der Waals surface area contributed by atoms with Gasteiger partial charge in [0.25, 0.3) is 0 Å². The van der Waals surface area contributed by atoms with Crippen molar-refractivity contribution in [3.8, 4) is 0 Å². The number of nitrogens with one attached hydrogen (secondary N) is 1. The summed E-state index contributed by atoms with van der Waals surface area (Å²) in [5, 5.41) is 3.44. The monoisotopic (exact) mass is 327 g/mol. The Bertz CT molecular complexity index is 385. The zero-order valence-corrected chi connectivity index (χ0v) is 12.0. The Morgan fingerprint density at radius 3 is 2.81 bits per heavy atom. The lowest BCUT2D eigenvalue weighted by Gasteiger charge is -2.06. The molecule has 0 fully saturated rings. The van der Waals surface area contributed by atoms with Crippen LogP contribution < -0.4 is 5.32 Å². The van der Waals surface area contributed by atoms with Crippen molar-refractivity contribution in [1.29, 1.82) is 0 Å². The van der Waals surface area contributed by atoms with Crippen molar-refractivity contribution in [3.05, 3.63) is 45.2 Å². The highest BCUT2D eigenvalue weighted by Gasteiger charge is 1.95. The summed E-state index contributed by atoms with van der Waals surface area (Å²) in [6.07, 6.45) is 4.35. The number of halogens is 1. The van der Waals surface area contributed by atoms with Crippen molar-refractivity contribution in [2.75, 3.05) is 11.9 Å². The van der Waals surface area contributed by atoms with Gasteiger partial charge in [-0.3, -0.25) is 0 Å². The van der Waals surface area contributed by atoms with E-state index in [0.717, 1.165) is 19.4 Å². The van der Waals surface area contributed by atoms with E-state index >= 15 is 0 Å². The highest BCUT2D eigenvalue weighted by Crippen LogP contribution is 2.16. The summed E-state index contributed by atoms with van der Waals surface area (Å²) in [7, 11) is 0. The largest absolute Gasteiger partial charge is 0.384 e. The van der Waals surface area contributed by atoms with Gasteiger partial charge in [-0.15, -0.1) is 5.73 Å². The number of rotatable bonds is 5. The lowest BCUT2D eigenvalue weighted by Crippen LogP contribution is -2.02. The number of anilines is 1. The first kappa shape index (κ1) is 13.3. The fourth-order valence-electron chi connectivity index (χ4n) is 1.31. The maximum Gasteiger partial charge on any atom is 0.0475 e. The lowest BCUT2D eigenvalue weighted by atomic mass is 10.2. The first-order valence-electron chi connectivity index (χ1n) is 5.57. The van der Waals surface area contributed by atoms with Gasteiger partial charge >= 0.3 is 0 Å². The molecule has 1 rings (SSSR count). The molecule has 0 spiro atoms. The quantitative estimate of drug-likeness (QED) is 0.473. The van der Waals surface area contributed by atoms with Gasteiger partial charge in [0.05, 0.1) is 0 Å². The van der Waals surface area contributed by atoms with E-state index in [1.165, 1.54) is 14.8 Å². The molecule has 86 valence electrons. The Kier molecular flexibility index (Phi) is 6.27. The van der Waals surface area contributed by atoms with Crippen molar-refractivity contribution in [1.82, 2.24) is 0 Å². The summed E-state index contributed by atoms with van der Waals surface area (Å²) in [4.78, 5) is 0. The van der Waals surface area contributed by atoms with Gasteiger partial charge in [0.2, 0.25) is 0 Å². The maximum absolute atomic E-state index is 3.44. The minimum Gasteiger partial charge on any atom is -0.384 e. The van der Waals surface area contributed by atoms with Gasteiger partial charge in [0, 0.05) is 15.8 Å². The van der Waals surface area contributed by atoms with Crippen LogP contribution >= 0.6 is 22.6 Å². The van der Waals surface area contributed by atoms with Crippen LogP contribution in [0.3, 0.4) is 0 Å². The van der Waals surface area contributed by atoms with Crippen molar-refractivity contribution >= 4 is 28.3 Å². The fraction of sp³-hybridized carbons (Fsp3) is 0.357. The van der Waals surface area contributed by atoms with Crippen LogP contribution in [0.25, 0.3) is 0 Å². The average molecular weight is 327 g/mol. The Balaban J connectivity index is 2.27. The number of para-hydroxylation sites is 1. The molecule has 0 aromatic heterocycles. The van der Waals surface area contributed by atoms with Gasteiger partial charge in [-0.25, -0.2) is 0 Å². The molecule has 0 radical (unpaired) electrons. The minimum atomic E-state index is 1.01. The number of hydrogen-bond acceptors (Lipinski definition) is 1. The molecule has 1 aromatic carbocycles. The Labute approximate surface area is 112 Å². The summed E-state index contributed by atoms with van der Waals surface area (Å²) in [6.45, 7) is 5.16. The highest BCUT2D eigenvalue weighted by atomic mass is 127. The third-order valence-electron chi connectivity index (χ3n) is 2.11. The van der Waals surface area contributed by atoms with E-state index < -0.39 is 0 Å². The number of unbranched alkanes of at least 4 members (excludes halogenated alkanes) is 1. The molecule has 0 saturated carbocycles. The van der Waals surface area contributed by atoms with Crippen molar-refractivity contribution in [2.45, 2.75) is 26.7 Å². The molecule has 2 heteroatoms. The van der Waals surface area contributed by atoms with Crippen molar-refractivity contribution in [3.63, 3.8) is 0 Å². The second kappa shape index (κ2) is 7.53. The van der Waals surface area contributed by atoms with Gasteiger partial charge in [0.1, 0.15) is 0 Å². The van der Waals surface area contributed by atoms with E-state index in [2.05, 4.69) is 77.8 Å². The minimum absolute atomic E-state index is 1.01. The molecular weight excluding hydrogens is 309 g/mol. The van der Waals surface area contributed by atoms with Gasteiger partial charge in [-0.1, -0.05) is 12.1 Å². The second-order valence-electron chi connectivity index (χ2n) is 3.90. The van der Waals surface area contributed by atoms with E-state index in [4.69, 9.17) is 0 Å². The van der Waals surface area contributed by atoms with Gasteiger partial charge in [0.15, 0.2) is 0 Å². The molecule has 1 nitrogen and oxygen atoms in total. The van der Waals surface area contributed by atoms with E-state index in [9.17, 15) is 0 Å². The average Bonchev–Trinajstić information content (AvgIpc) is 2.25. The summed E-state index contributed by atoms with van der Waals surface area (Å²) >= 11 is 2.35. The van der Waals surface area contributed by atoms with Crippen LogP contribution in [0, 0.1) is 3.57 Å². The number of hydrogen-bond donors (Lipinski definition) is 1. The van der Waals surface area contributed by atoms with Crippen LogP contribution in [0.5, 0.6) is 0 Å². The zero-order valence-electron chi connectivity index (χ0n) is 9.89. The standard InChI is InChI=1S/C14H18IN/c1-12(2)8-4-3-7-11-16-14-10-6-5-9-13(14)15/h4-6,9-10,16H,3,7,11H2,1-2H3. The number of benzene rings is 1. The van der Waals surface area contributed by atoms with Gasteiger partial charge in [-0.2, -0.15) is 0 Å². The summed E-state index contributed by atoms with van der Waals surface area (Å²) in [6, 6.07) is 8.36. The fourth-order valence-corrected chi connectivity index (χ4v) is 1.89. The molecule has 1 N–H and O–H groups in total. The van der Waals surface area contributed by atoms with E-state index in [1.54, 1.807) is 0 Å². The third kappa shape index (κ3) is 5.38. The topological polar surface area (TPSA) is 12.0 Å². The molecule has 0 saturated heterocycles. The van der Waals surface area contributed by atoms with Crippen LogP contribution in [-0.2, 0) is 0 Å². The second-order valence-corrected chi connectivity index (χ2v) is 5.06. The highest BCUT2D eigenvalue weighted by molar-refractivity contribution is 14.1. The molecule has 0 aliphatic heterocycles. The maximum atomic E-state index is 3.44. The molecule has 16 heavy (non-hydrogen) atoms.